The zero-order chi connectivity index (χ0) is 60.6. The van der Waals surface area contributed by atoms with E-state index in [1.54, 1.807) is 35.5 Å². The first-order chi connectivity index (χ1) is 37.5. The van der Waals surface area contributed by atoms with E-state index >= 15 is 0 Å². The number of rotatable bonds is 14. The molecule has 2 aromatic carbocycles. The van der Waals surface area contributed by atoms with Gasteiger partial charge in [-0.2, -0.15) is 26.3 Å². The number of alkyl halides is 6. The Morgan fingerprint density at radius 2 is 0.963 bits per heavy atom. The molecule has 0 bridgehead atoms. The molecular formula is C58H85ClF6N6O10. The molecule has 23 heteroatoms. The van der Waals surface area contributed by atoms with Crippen molar-refractivity contribution in [2.75, 3.05) is 39.3 Å². The number of amides is 5. The van der Waals surface area contributed by atoms with E-state index in [-0.39, 0.29) is 48.5 Å². The van der Waals surface area contributed by atoms with Gasteiger partial charge in [-0.25, -0.2) is 19.2 Å². The Balaban J connectivity index is 0.000000301. The fourth-order valence-corrected chi connectivity index (χ4v) is 10.9. The SMILES string of the molecule is CC(C)(C)OC(=O)N1C[C@@H](CCC(NC(=O)C(F)(F)F)C2CCN(C(=O)OCc3ccccc3)CC2)CC1(C)C.CC(C)(C)OC(=O)N1C[C@@H](CCC(NC(=O)C(F)(F)F)C2CCNCC2)CC1(C)C.O=C(Cl)OCc1ccccc1. The molecule has 0 aliphatic carbocycles. The highest BCUT2D eigenvalue weighted by Gasteiger charge is 2.47. The van der Waals surface area contributed by atoms with Crippen LogP contribution in [0.4, 0.5) is 45.5 Å². The summed E-state index contributed by atoms with van der Waals surface area (Å²) in [5.41, 5.74) is -1.04. The van der Waals surface area contributed by atoms with Gasteiger partial charge < -0.3 is 49.6 Å². The number of carbonyl (C=O) groups excluding carboxylic acids is 6. The smallest absolute Gasteiger partial charge is 0.449 e. The van der Waals surface area contributed by atoms with Gasteiger partial charge in [0.25, 0.3) is 0 Å². The summed E-state index contributed by atoms with van der Waals surface area (Å²) < 4.78 is 98.9. The number of benzene rings is 2. The van der Waals surface area contributed by atoms with Gasteiger partial charge in [-0.05, 0) is 181 Å². The third kappa shape index (κ3) is 23.7. The predicted octanol–water partition coefficient (Wildman–Crippen LogP) is 12.3. The number of hydrogen-bond acceptors (Lipinski definition) is 11. The minimum Gasteiger partial charge on any atom is -0.449 e. The number of nitrogens with zero attached hydrogens (tertiary/aromatic N) is 3. The largest absolute Gasteiger partial charge is 0.471 e. The second kappa shape index (κ2) is 29.6. The summed E-state index contributed by atoms with van der Waals surface area (Å²) in [6.07, 6.45) is -5.30. The maximum absolute atomic E-state index is 13.1. The van der Waals surface area contributed by atoms with E-state index in [2.05, 4.69) is 20.7 Å². The molecule has 3 N–H and O–H groups in total. The van der Waals surface area contributed by atoms with Gasteiger partial charge in [-0.15, -0.1) is 0 Å². The fourth-order valence-electron chi connectivity index (χ4n) is 10.9. The van der Waals surface area contributed by atoms with Gasteiger partial charge in [0.15, 0.2) is 0 Å². The summed E-state index contributed by atoms with van der Waals surface area (Å²) in [6.45, 7) is 22.2. The van der Waals surface area contributed by atoms with Crippen molar-refractivity contribution >= 4 is 47.1 Å². The van der Waals surface area contributed by atoms with Crippen molar-refractivity contribution in [3.63, 3.8) is 0 Å². The molecule has 2 aromatic rings. The van der Waals surface area contributed by atoms with Crippen molar-refractivity contribution in [1.82, 2.24) is 30.7 Å². The summed E-state index contributed by atoms with van der Waals surface area (Å²) in [6, 6.07) is 17.4. The van der Waals surface area contributed by atoms with Crippen molar-refractivity contribution in [2.24, 2.45) is 23.7 Å². The summed E-state index contributed by atoms with van der Waals surface area (Å²) in [5.74, 6) is -3.81. The van der Waals surface area contributed by atoms with Crippen LogP contribution < -0.4 is 16.0 Å². The van der Waals surface area contributed by atoms with Gasteiger partial charge in [-0.3, -0.25) is 9.59 Å². The Morgan fingerprint density at radius 3 is 1.32 bits per heavy atom. The first-order valence-electron chi connectivity index (χ1n) is 27.8. The Hall–Kier alpha value is -5.51. The van der Waals surface area contributed by atoms with Gasteiger partial charge in [0, 0.05) is 60.9 Å². The van der Waals surface area contributed by atoms with Crippen LogP contribution in [0.2, 0.25) is 0 Å². The predicted molar refractivity (Wildman–Crippen MR) is 294 cm³/mol. The lowest BCUT2D eigenvalue weighted by Crippen LogP contribution is -2.50. The quantitative estimate of drug-likeness (QED) is 0.0929. The summed E-state index contributed by atoms with van der Waals surface area (Å²) in [5, 5.41) is 7.67. The second-order valence-corrected chi connectivity index (χ2v) is 25.0. The summed E-state index contributed by atoms with van der Waals surface area (Å²) >= 11 is 4.97. The molecule has 4 fully saturated rings. The third-order valence-corrected chi connectivity index (χ3v) is 14.9. The average molecular weight is 1180 g/mol. The number of ether oxygens (including phenoxy) is 4. The first kappa shape index (κ1) is 68.0. The Bertz CT molecular complexity index is 2340. The van der Waals surface area contributed by atoms with Crippen LogP contribution >= 0.6 is 11.6 Å². The van der Waals surface area contributed by atoms with E-state index in [4.69, 9.17) is 25.8 Å². The Morgan fingerprint density at radius 1 is 0.593 bits per heavy atom. The minimum absolute atomic E-state index is 0.0222. The van der Waals surface area contributed by atoms with Gasteiger partial charge in [0.1, 0.15) is 24.4 Å². The molecule has 4 aliphatic rings. The zero-order valence-corrected chi connectivity index (χ0v) is 49.3. The van der Waals surface area contributed by atoms with Gasteiger partial charge in [-0.1, -0.05) is 60.7 Å². The molecule has 4 aliphatic heterocycles. The van der Waals surface area contributed by atoms with Crippen molar-refractivity contribution < 1.29 is 74.1 Å². The number of piperidine rings is 2. The Labute approximate surface area is 478 Å². The highest BCUT2D eigenvalue weighted by Crippen LogP contribution is 2.39. The lowest BCUT2D eigenvalue weighted by molar-refractivity contribution is -0.175. The van der Waals surface area contributed by atoms with Crippen LogP contribution in [0.1, 0.15) is 145 Å². The molecule has 2 unspecified atom stereocenters. The zero-order valence-electron chi connectivity index (χ0n) is 48.5. The monoisotopic (exact) mass is 1170 g/mol. The molecule has 456 valence electrons. The maximum atomic E-state index is 13.1. The highest BCUT2D eigenvalue weighted by atomic mass is 35.5. The van der Waals surface area contributed by atoms with E-state index in [0.717, 1.165) is 43.5 Å². The molecule has 0 spiro atoms. The van der Waals surface area contributed by atoms with Crippen LogP contribution in [0, 0.1) is 23.7 Å². The lowest BCUT2D eigenvalue weighted by Gasteiger charge is -2.36. The van der Waals surface area contributed by atoms with E-state index < -0.39 is 70.6 Å². The lowest BCUT2D eigenvalue weighted by atomic mass is 9.84. The first-order valence-corrected chi connectivity index (χ1v) is 28.2. The molecule has 6 rings (SSSR count). The number of likely N-dealkylation sites (tertiary alicyclic amines) is 3. The van der Waals surface area contributed by atoms with Crippen LogP contribution in [0.3, 0.4) is 0 Å². The maximum Gasteiger partial charge on any atom is 0.471 e. The van der Waals surface area contributed by atoms with Crippen molar-refractivity contribution in [1.29, 1.82) is 0 Å². The van der Waals surface area contributed by atoms with E-state index in [9.17, 15) is 55.1 Å². The van der Waals surface area contributed by atoms with Crippen molar-refractivity contribution in [3.8, 4) is 0 Å². The molecule has 0 aromatic heterocycles. The number of hydrogen-bond donors (Lipinski definition) is 3. The number of nitrogens with one attached hydrogen (secondary N) is 3. The Kier molecular flexibility index (Phi) is 24.9. The molecule has 4 saturated heterocycles. The van der Waals surface area contributed by atoms with E-state index in [1.165, 1.54) is 0 Å². The van der Waals surface area contributed by atoms with Gasteiger partial charge >= 0.3 is 47.9 Å². The van der Waals surface area contributed by atoms with E-state index in [0.29, 0.717) is 71.1 Å². The number of halogens is 7. The highest BCUT2D eigenvalue weighted by molar-refractivity contribution is 6.61. The standard InChI is InChI=1S/C29H42F3N3O5.C21H36F3N3O3.C8H7ClO2/c1-27(2,3)40-26(38)35-18-21(17-28(35,4)5)11-12-23(33-24(36)29(30,31)32)22-13-15-34(16-14-22)25(37)39-19-20-9-7-6-8-10-20;1-19(2,3)30-18(29)27-13-14(12-20(27,4)5)6-7-16(15-8-10-25-11-9-15)26-17(28)21(22,23)24;9-8(10)11-6-7-4-2-1-3-5-7/h6-10,21-23H,11-19H2,1-5H3,(H,33,36);14-16,25H,6-13H2,1-5H3,(H,26,28);1-5H,6H2/t21-,23?;14-,16?;/m00./s1. The van der Waals surface area contributed by atoms with Crippen molar-refractivity contribution in [2.45, 2.75) is 193 Å². The minimum atomic E-state index is -4.98. The molecule has 5 amide bonds. The molecule has 4 heterocycles. The molecule has 16 nitrogen and oxygen atoms in total. The van der Waals surface area contributed by atoms with Crippen LogP contribution in [0.15, 0.2) is 60.7 Å². The topological polar surface area (TPSA) is 185 Å². The van der Waals surface area contributed by atoms with Gasteiger partial charge in [0.05, 0.1) is 0 Å². The van der Waals surface area contributed by atoms with Crippen LogP contribution in [-0.4, -0.2) is 136 Å². The normalized spacial score (nSPS) is 20.3. The van der Waals surface area contributed by atoms with E-state index in [1.807, 2.05) is 109 Å². The molecule has 0 saturated carbocycles. The second-order valence-electron chi connectivity index (χ2n) is 24.7. The molecule has 81 heavy (non-hydrogen) atoms. The average Bonchev–Trinajstić information content (AvgIpc) is 4.06. The van der Waals surface area contributed by atoms with Crippen LogP contribution in [0.5, 0.6) is 0 Å². The number of carbonyl (C=O) groups is 6. The van der Waals surface area contributed by atoms with Crippen LogP contribution in [-0.2, 0) is 41.8 Å². The molecule has 4 atom stereocenters. The summed E-state index contributed by atoms with van der Waals surface area (Å²) in [4.78, 5) is 76.5. The fraction of sp³-hybridized carbons (Fsp3) is 0.690. The van der Waals surface area contributed by atoms with Crippen molar-refractivity contribution in [3.05, 3.63) is 71.8 Å². The molecular weight excluding hydrogens is 1090 g/mol. The molecule has 0 radical (unpaired) electrons. The van der Waals surface area contributed by atoms with Gasteiger partial charge in [0.2, 0.25) is 0 Å². The van der Waals surface area contributed by atoms with Crippen LogP contribution in [0.25, 0.3) is 0 Å². The third-order valence-electron chi connectivity index (χ3n) is 14.8. The summed E-state index contributed by atoms with van der Waals surface area (Å²) in [7, 11) is 0.